The Hall–Kier alpha value is -1.53. The van der Waals surface area contributed by atoms with Crippen molar-refractivity contribution in [2.75, 3.05) is 11.1 Å². The Morgan fingerprint density at radius 1 is 1.33 bits per heavy atom. The van der Waals surface area contributed by atoms with Gasteiger partial charge in [-0.3, -0.25) is 4.79 Å². The first-order chi connectivity index (χ1) is 8.56. The minimum absolute atomic E-state index is 0.444. The number of anilines is 2. The van der Waals surface area contributed by atoms with Gasteiger partial charge in [-0.1, -0.05) is 0 Å². The van der Waals surface area contributed by atoms with E-state index in [2.05, 4.69) is 21.2 Å². The largest absolute Gasteiger partial charge is 0.397 e. The molecule has 0 unspecified atom stereocenters. The monoisotopic (exact) mass is 325 g/mol. The van der Waals surface area contributed by atoms with Gasteiger partial charge in [-0.15, -0.1) is 11.3 Å². The van der Waals surface area contributed by atoms with Crippen LogP contribution in [-0.2, 0) is 6.54 Å². The predicted octanol–water partition coefficient (Wildman–Crippen LogP) is 2.80. The summed E-state index contributed by atoms with van der Waals surface area (Å²) in [5.41, 5.74) is 12.8. The highest BCUT2D eigenvalue weighted by molar-refractivity contribution is 9.11. The summed E-state index contributed by atoms with van der Waals surface area (Å²) in [6, 6.07) is 8.97. The summed E-state index contributed by atoms with van der Waals surface area (Å²) in [6.07, 6.45) is 0. The molecule has 2 rings (SSSR count). The molecule has 0 spiro atoms. The number of nitrogens with one attached hydrogen (secondary N) is 1. The summed E-state index contributed by atoms with van der Waals surface area (Å²) in [4.78, 5) is 12.3. The Labute approximate surface area is 117 Å². The van der Waals surface area contributed by atoms with Crippen molar-refractivity contribution in [1.29, 1.82) is 0 Å². The number of benzene rings is 1. The number of carbonyl (C=O) groups excluding carboxylic acids is 1. The molecule has 0 aliphatic rings. The van der Waals surface area contributed by atoms with Crippen LogP contribution in [0.25, 0.3) is 0 Å². The Balaban J connectivity index is 2.13. The molecule has 0 bridgehead atoms. The van der Waals surface area contributed by atoms with Crippen LogP contribution in [0.2, 0.25) is 0 Å². The molecule has 1 heterocycles. The lowest BCUT2D eigenvalue weighted by Gasteiger charge is -2.09. The van der Waals surface area contributed by atoms with Crippen molar-refractivity contribution >= 4 is 44.5 Å². The van der Waals surface area contributed by atoms with E-state index in [0.29, 0.717) is 17.8 Å². The number of nitrogen functional groups attached to an aromatic ring is 1. The number of halogens is 1. The third-order valence-corrected chi connectivity index (χ3v) is 4.04. The molecule has 18 heavy (non-hydrogen) atoms. The van der Waals surface area contributed by atoms with Gasteiger partial charge in [-0.25, -0.2) is 0 Å². The Kier molecular flexibility index (Phi) is 3.88. The highest BCUT2D eigenvalue weighted by Gasteiger charge is 2.05. The minimum atomic E-state index is -0.461. The second-order valence-electron chi connectivity index (χ2n) is 3.73. The van der Waals surface area contributed by atoms with Gasteiger partial charge in [0.05, 0.1) is 15.2 Å². The molecule has 4 nitrogen and oxygen atoms in total. The second kappa shape index (κ2) is 5.41. The first-order valence-corrected chi connectivity index (χ1v) is 6.84. The fourth-order valence-corrected chi connectivity index (χ4v) is 2.91. The van der Waals surface area contributed by atoms with E-state index < -0.39 is 5.91 Å². The number of hydrogen-bond donors (Lipinski definition) is 3. The summed E-state index contributed by atoms with van der Waals surface area (Å²) in [5.74, 6) is -0.461. The van der Waals surface area contributed by atoms with Gasteiger partial charge in [-0.2, -0.15) is 0 Å². The molecule has 1 amide bonds. The summed E-state index contributed by atoms with van der Waals surface area (Å²) < 4.78 is 1.08. The highest BCUT2D eigenvalue weighted by atomic mass is 79.9. The van der Waals surface area contributed by atoms with E-state index in [4.69, 9.17) is 11.5 Å². The van der Waals surface area contributed by atoms with E-state index in [1.807, 2.05) is 12.1 Å². The molecule has 5 N–H and O–H groups in total. The van der Waals surface area contributed by atoms with Gasteiger partial charge in [0, 0.05) is 17.0 Å². The molecule has 94 valence electrons. The van der Waals surface area contributed by atoms with Crippen LogP contribution in [0.3, 0.4) is 0 Å². The highest BCUT2D eigenvalue weighted by Crippen LogP contribution is 2.25. The lowest BCUT2D eigenvalue weighted by molar-refractivity contribution is 0.100. The molecule has 0 saturated carbocycles. The molecule has 0 radical (unpaired) electrons. The normalized spacial score (nSPS) is 10.3. The number of primary amides is 1. The summed E-state index contributed by atoms with van der Waals surface area (Å²) in [6.45, 7) is 0.655. The summed E-state index contributed by atoms with van der Waals surface area (Å²) in [5, 5.41) is 3.19. The van der Waals surface area contributed by atoms with Crippen molar-refractivity contribution in [3.05, 3.63) is 44.6 Å². The summed E-state index contributed by atoms with van der Waals surface area (Å²) >= 11 is 5.05. The number of carbonyl (C=O) groups is 1. The van der Waals surface area contributed by atoms with Crippen molar-refractivity contribution in [3.63, 3.8) is 0 Å². The van der Waals surface area contributed by atoms with E-state index in [0.717, 1.165) is 9.47 Å². The van der Waals surface area contributed by atoms with Gasteiger partial charge in [-0.05, 0) is 46.3 Å². The van der Waals surface area contributed by atoms with E-state index in [9.17, 15) is 4.79 Å². The lowest BCUT2D eigenvalue weighted by Crippen LogP contribution is -2.12. The van der Waals surface area contributed by atoms with Crippen LogP contribution in [0.5, 0.6) is 0 Å². The maximum absolute atomic E-state index is 11.1. The molecule has 0 aliphatic carbocycles. The van der Waals surface area contributed by atoms with Crippen LogP contribution in [-0.4, -0.2) is 5.91 Å². The fraction of sp³-hybridized carbons (Fsp3) is 0.0833. The fourth-order valence-electron chi connectivity index (χ4n) is 1.49. The number of nitrogens with two attached hydrogens (primary N) is 2. The molecule has 1 aromatic carbocycles. The second-order valence-corrected chi connectivity index (χ2v) is 6.27. The Morgan fingerprint density at radius 2 is 2.11 bits per heavy atom. The predicted molar refractivity (Wildman–Crippen MR) is 78.7 cm³/mol. The molecule has 6 heteroatoms. The van der Waals surface area contributed by atoms with Gasteiger partial charge < -0.3 is 16.8 Å². The average molecular weight is 326 g/mol. The molecule has 2 aromatic rings. The van der Waals surface area contributed by atoms with Gasteiger partial charge in [0.1, 0.15) is 0 Å². The summed E-state index contributed by atoms with van der Waals surface area (Å²) in [7, 11) is 0. The molecular formula is C12H12BrN3OS. The van der Waals surface area contributed by atoms with Gasteiger partial charge >= 0.3 is 0 Å². The van der Waals surface area contributed by atoms with E-state index >= 15 is 0 Å². The maximum Gasteiger partial charge on any atom is 0.248 e. The lowest BCUT2D eigenvalue weighted by atomic mass is 10.1. The Morgan fingerprint density at radius 3 is 2.72 bits per heavy atom. The maximum atomic E-state index is 11.1. The molecule has 0 fully saturated rings. The van der Waals surface area contributed by atoms with Crippen molar-refractivity contribution in [2.24, 2.45) is 5.73 Å². The third-order valence-electron chi connectivity index (χ3n) is 2.42. The smallest absolute Gasteiger partial charge is 0.248 e. The minimum Gasteiger partial charge on any atom is -0.397 e. The average Bonchev–Trinajstić information content (AvgIpc) is 2.74. The zero-order chi connectivity index (χ0) is 13.1. The SMILES string of the molecule is NC(=O)c1ccc(N)c(NCc2ccc(Br)s2)c1. The first kappa shape index (κ1) is 12.9. The molecule has 0 atom stereocenters. The van der Waals surface area contributed by atoms with Crippen molar-refractivity contribution < 1.29 is 4.79 Å². The molecule has 0 saturated heterocycles. The van der Waals surface area contributed by atoms with Gasteiger partial charge in [0.2, 0.25) is 5.91 Å². The van der Waals surface area contributed by atoms with E-state index in [1.54, 1.807) is 29.5 Å². The van der Waals surface area contributed by atoms with Gasteiger partial charge in [0.25, 0.3) is 0 Å². The standard InChI is InChI=1S/C12H12BrN3OS/c13-11-4-2-8(18-11)6-16-10-5-7(12(15)17)1-3-9(10)14/h1-5,16H,6,14H2,(H2,15,17). The number of thiophene rings is 1. The first-order valence-electron chi connectivity index (χ1n) is 5.23. The van der Waals surface area contributed by atoms with Crippen LogP contribution in [0.15, 0.2) is 34.1 Å². The topological polar surface area (TPSA) is 81.1 Å². The molecular weight excluding hydrogens is 314 g/mol. The Bertz CT molecular complexity index is 582. The quantitative estimate of drug-likeness (QED) is 0.756. The van der Waals surface area contributed by atoms with Crippen LogP contribution < -0.4 is 16.8 Å². The zero-order valence-electron chi connectivity index (χ0n) is 9.44. The number of hydrogen-bond acceptors (Lipinski definition) is 4. The van der Waals surface area contributed by atoms with Crippen LogP contribution in [0.4, 0.5) is 11.4 Å². The van der Waals surface area contributed by atoms with Crippen LogP contribution in [0.1, 0.15) is 15.2 Å². The van der Waals surface area contributed by atoms with Crippen molar-refractivity contribution in [1.82, 2.24) is 0 Å². The van der Waals surface area contributed by atoms with Crippen molar-refractivity contribution in [3.8, 4) is 0 Å². The van der Waals surface area contributed by atoms with Crippen molar-refractivity contribution in [2.45, 2.75) is 6.54 Å². The van der Waals surface area contributed by atoms with Gasteiger partial charge in [0.15, 0.2) is 0 Å². The molecule has 0 aliphatic heterocycles. The zero-order valence-corrected chi connectivity index (χ0v) is 11.8. The van der Waals surface area contributed by atoms with Crippen LogP contribution in [0, 0.1) is 0 Å². The third kappa shape index (κ3) is 3.02. The molecule has 1 aromatic heterocycles. The van der Waals surface area contributed by atoms with Crippen LogP contribution >= 0.6 is 27.3 Å². The number of amides is 1. The van der Waals surface area contributed by atoms with E-state index in [-0.39, 0.29) is 0 Å². The van der Waals surface area contributed by atoms with E-state index in [1.165, 1.54) is 4.88 Å². The number of rotatable bonds is 4.